The van der Waals surface area contributed by atoms with Gasteiger partial charge >= 0.3 is 0 Å². The van der Waals surface area contributed by atoms with E-state index >= 15 is 0 Å². The van der Waals surface area contributed by atoms with Gasteiger partial charge in [0.2, 0.25) is 5.95 Å². The van der Waals surface area contributed by atoms with Crippen molar-refractivity contribution in [3.8, 4) is 11.1 Å². The first kappa shape index (κ1) is 22.4. The van der Waals surface area contributed by atoms with Gasteiger partial charge in [0.15, 0.2) is 12.5 Å². The molecular weight excluding hydrogens is 428 g/mol. The quantitative estimate of drug-likeness (QED) is 0.525. The molecule has 0 bridgehead atoms. The van der Waals surface area contributed by atoms with Gasteiger partial charge in [-0.3, -0.25) is 9.69 Å². The summed E-state index contributed by atoms with van der Waals surface area (Å²) in [5.74, 6) is 0.751. The molecule has 0 amide bonds. The summed E-state index contributed by atoms with van der Waals surface area (Å²) < 4.78 is 7.25. The van der Waals surface area contributed by atoms with Crippen molar-refractivity contribution in [2.24, 2.45) is 0 Å². The number of aryl methyl sites for hydroxylation is 2. The highest BCUT2D eigenvalue weighted by atomic mass is 16.5. The minimum absolute atomic E-state index is 0.386. The van der Waals surface area contributed by atoms with Crippen LogP contribution in [0.5, 0.6) is 0 Å². The molecular formula is C26H30N6O2. The SMILES string of the molecule is Cc1cc(C)n(C(C=O)N2CC=C(c3ccccc3-c3cnc(N4CCOCC4)nc3)CC2)n1. The van der Waals surface area contributed by atoms with Gasteiger partial charge in [0, 0.05) is 49.8 Å². The lowest BCUT2D eigenvalue weighted by Crippen LogP contribution is -2.37. The third kappa shape index (κ3) is 4.51. The summed E-state index contributed by atoms with van der Waals surface area (Å²) in [5.41, 5.74) is 6.52. The molecule has 8 heteroatoms. The molecule has 0 aliphatic carbocycles. The van der Waals surface area contributed by atoms with E-state index in [9.17, 15) is 4.79 Å². The Morgan fingerprint density at radius 2 is 1.76 bits per heavy atom. The zero-order valence-electron chi connectivity index (χ0n) is 19.7. The standard InChI is InChI=1S/C26H30N6O2/c1-19-15-20(2)32(29-19)25(18-33)30-9-7-21(8-10-30)23-5-3-4-6-24(23)22-16-27-26(28-17-22)31-11-13-34-14-12-31/h3-7,15-18,25H,8-14H2,1-2H3. The summed E-state index contributed by atoms with van der Waals surface area (Å²) in [4.78, 5) is 25.5. The number of anilines is 1. The Hall–Kier alpha value is -3.36. The summed E-state index contributed by atoms with van der Waals surface area (Å²) in [6.45, 7) is 8.48. The van der Waals surface area contributed by atoms with Crippen LogP contribution in [-0.4, -0.2) is 70.3 Å². The van der Waals surface area contributed by atoms with E-state index in [1.54, 1.807) is 0 Å². The number of aromatic nitrogens is 4. The van der Waals surface area contributed by atoms with Crippen molar-refractivity contribution in [1.29, 1.82) is 0 Å². The molecule has 4 heterocycles. The number of carbonyl (C=O) groups is 1. The molecule has 1 fully saturated rings. The Balaban J connectivity index is 1.36. The monoisotopic (exact) mass is 458 g/mol. The van der Waals surface area contributed by atoms with E-state index in [0.29, 0.717) is 19.8 Å². The maximum atomic E-state index is 12.0. The zero-order valence-corrected chi connectivity index (χ0v) is 19.7. The molecule has 0 N–H and O–H groups in total. The Bertz CT molecular complexity index is 1180. The number of aldehydes is 1. The molecule has 2 aromatic heterocycles. The Kier molecular flexibility index (Phi) is 6.51. The molecule has 1 saturated heterocycles. The van der Waals surface area contributed by atoms with Crippen LogP contribution in [-0.2, 0) is 9.53 Å². The van der Waals surface area contributed by atoms with Gasteiger partial charge in [-0.05, 0) is 43.0 Å². The fraction of sp³-hybridized carbons (Fsp3) is 0.385. The second-order valence-electron chi connectivity index (χ2n) is 8.81. The summed E-state index contributed by atoms with van der Waals surface area (Å²) in [7, 11) is 0. The fourth-order valence-corrected chi connectivity index (χ4v) is 4.78. The Morgan fingerprint density at radius 3 is 2.38 bits per heavy atom. The van der Waals surface area contributed by atoms with E-state index < -0.39 is 0 Å². The van der Waals surface area contributed by atoms with E-state index in [1.807, 2.05) is 37.0 Å². The van der Waals surface area contributed by atoms with E-state index in [2.05, 4.69) is 55.2 Å². The average Bonchev–Trinajstić information content (AvgIpc) is 3.23. The second-order valence-corrected chi connectivity index (χ2v) is 8.81. The van der Waals surface area contributed by atoms with Crippen LogP contribution in [0.3, 0.4) is 0 Å². The molecule has 2 aliphatic heterocycles. The molecule has 3 aromatic rings. The number of ether oxygens (including phenoxy) is 1. The maximum Gasteiger partial charge on any atom is 0.225 e. The van der Waals surface area contributed by atoms with Gasteiger partial charge in [0.25, 0.3) is 0 Å². The Morgan fingerprint density at radius 1 is 1.03 bits per heavy atom. The van der Waals surface area contributed by atoms with Crippen LogP contribution in [0, 0.1) is 13.8 Å². The van der Waals surface area contributed by atoms with Gasteiger partial charge in [0.1, 0.15) is 0 Å². The van der Waals surface area contributed by atoms with Crippen molar-refractivity contribution in [1.82, 2.24) is 24.6 Å². The molecule has 1 aromatic carbocycles. The number of hydrogen-bond acceptors (Lipinski definition) is 7. The predicted molar refractivity (Wildman–Crippen MR) is 131 cm³/mol. The predicted octanol–water partition coefficient (Wildman–Crippen LogP) is 3.28. The van der Waals surface area contributed by atoms with Crippen molar-refractivity contribution in [3.63, 3.8) is 0 Å². The molecule has 2 aliphatic rings. The van der Waals surface area contributed by atoms with Crippen molar-refractivity contribution >= 4 is 17.8 Å². The van der Waals surface area contributed by atoms with Gasteiger partial charge < -0.3 is 9.64 Å². The fourth-order valence-electron chi connectivity index (χ4n) is 4.78. The first-order chi connectivity index (χ1) is 16.6. The van der Waals surface area contributed by atoms with Gasteiger partial charge in [-0.2, -0.15) is 5.10 Å². The number of carbonyl (C=O) groups excluding carboxylic acids is 1. The van der Waals surface area contributed by atoms with Gasteiger partial charge in [0.05, 0.1) is 18.9 Å². The lowest BCUT2D eigenvalue weighted by Gasteiger charge is -2.32. The molecule has 176 valence electrons. The molecule has 0 radical (unpaired) electrons. The first-order valence-electron chi connectivity index (χ1n) is 11.8. The van der Waals surface area contributed by atoms with Crippen LogP contribution in [0.15, 0.2) is 48.8 Å². The van der Waals surface area contributed by atoms with E-state index in [-0.39, 0.29) is 6.17 Å². The molecule has 1 unspecified atom stereocenters. The zero-order chi connectivity index (χ0) is 23.5. The van der Waals surface area contributed by atoms with Gasteiger partial charge in [-0.15, -0.1) is 0 Å². The van der Waals surface area contributed by atoms with Crippen LogP contribution in [0.1, 0.15) is 29.5 Å². The van der Waals surface area contributed by atoms with Crippen molar-refractivity contribution in [3.05, 3.63) is 65.8 Å². The highest BCUT2D eigenvalue weighted by Crippen LogP contribution is 2.33. The largest absolute Gasteiger partial charge is 0.378 e. The van der Waals surface area contributed by atoms with E-state index in [4.69, 9.17) is 4.74 Å². The normalized spacial score (nSPS) is 17.9. The highest BCUT2D eigenvalue weighted by Gasteiger charge is 2.25. The number of hydrogen-bond donors (Lipinski definition) is 0. The van der Waals surface area contributed by atoms with Gasteiger partial charge in [-0.1, -0.05) is 30.3 Å². The summed E-state index contributed by atoms with van der Waals surface area (Å²) >= 11 is 0. The Labute approximate surface area is 199 Å². The van der Waals surface area contributed by atoms with Gasteiger partial charge in [-0.25, -0.2) is 14.6 Å². The summed E-state index contributed by atoms with van der Waals surface area (Å²) in [6, 6.07) is 10.4. The van der Waals surface area contributed by atoms with Crippen LogP contribution in [0.2, 0.25) is 0 Å². The third-order valence-corrected chi connectivity index (χ3v) is 6.55. The molecule has 8 nitrogen and oxygen atoms in total. The van der Waals surface area contributed by atoms with Crippen LogP contribution >= 0.6 is 0 Å². The third-order valence-electron chi connectivity index (χ3n) is 6.55. The molecule has 0 spiro atoms. The summed E-state index contributed by atoms with van der Waals surface area (Å²) in [6.07, 6.45) is 7.51. The van der Waals surface area contributed by atoms with E-state index in [1.165, 1.54) is 11.1 Å². The number of benzene rings is 1. The molecule has 34 heavy (non-hydrogen) atoms. The molecule has 1 atom stereocenters. The van der Waals surface area contributed by atoms with E-state index in [0.717, 1.165) is 60.8 Å². The lowest BCUT2D eigenvalue weighted by molar-refractivity contribution is -0.115. The average molecular weight is 459 g/mol. The lowest BCUT2D eigenvalue weighted by atomic mass is 9.92. The second kappa shape index (κ2) is 9.87. The first-order valence-corrected chi connectivity index (χ1v) is 11.8. The number of morpholine rings is 1. The minimum Gasteiger partial charge on any atom is -0.378 e. The maximum absolute atomic E-state index is 12.0. The van der Waals surface area contributed by atoms with Crippen molar-refractivity contribution in [2.75, 3.05) is 44.3 Å². The van der Waals surface area contributed by atoms with Crippen LogP contribution < -0.4 is 4.90 Å². The highest BCUT2D eigenvalue weighted by molar-refractivity contribution is 5.81. The minimum atomic E-state index is -0.386. The topological polar surface area (TPSA) is 76.4 Å². The van der Waals surface area contributed by atoms with Crippen LogP contribution in [0.4, 0.5) is 5.95 Å². The molecule has 0 saturated carbocycles. The smallest absolute Gasteiger partial charge is 0.225 e. The summed E-state index contributed by atoms with van der Waals surface area (Å²) in [5, 5.41) is 4.53. The van der Waals surface area contributed by atoms with Crippen molar-refractivity contribution in [2.45, 2.75) is 26.4 Å². The van der Waals surface area contributed by atoms with Crippen LogP contribution in [0.25, 0.3) is 16.7 Å². The van der Waals surface area contributed by atoms with Crippen molar-refractivity contribution < 1.29 is 9.53 Å². The molecule has 5 rings (SSSR count). The number of rotatable bonds is 6. The number of nitrogens with zero attached hydrogens (tertiary/aromatic N) is 6.